The molecule has 33 heavy (non-hydrogen) atoms. The second kappa shape index (κ2) is 8.91. The number of hydrogen-bond acceptors (Lipinski definition) is 3. The Bertz CT molecular complexity index is 1320. The SMILES string of the molecule is Cc1ccc(CCc2cc3nc(-c4ccc(N5CCCC5)cc4)c(Cl)cc3[nH]2)cc1C(=O)O. The van der Waals surface area contributed by atoms with E-state index in [1.54, 1.807) is 6.07 Å². The summed E-state index contributed by atoms with van der Waals surface area (Å²) in [6.45, 7) is 4.06. The van der Waals surface area contributed by atoms with Crippen LogP contribution in [-0.2, 0) is 12.8 Å². The lowest BCUT2D eigenvalue weighted by atomic mass is 10.0. The van der Waals surface area contributed by atoms with E-state index < -0.39 is 5.97 Å². The second-order valence-electron chi connectivity index (χ2n) is 8.74. The summed E-state index contributed by atoms with van der Waals surface area (Å²) in [5, 5.41) is 9.98. The maximum atomic E-state index is 11.4. The van der Waals surface area contributed by atoms with Gasteiger partial charge in [0.25, 0.3) is 0 Å². The lowest BCUT2D eigenvalue weighted by Gasteiger charge is -2.17. The van der Waals surface area contributed by atoms with Crippen LogP contribution < -0.4 is 4.90 Å². The summed E-state index contributed by atoms with van der Waals surface area (Å²) in [6.07, 6.45) is 4.01. The molecule has 6 heteroatoms. The number of halogens is 1. The molecule has 1 aliphatic heterocycles. The number of carbonyl (C=O) groups is 1. The molecule has 0 spiro atoms. The van der Waals surface area contributed by atoms with E-state index in [0.717, 1.165) is 65.0 Å². The Hall–Kier alpha value is -3.31. The molecule has 1 saturated heterocycles. The van der Waals surface area contributed by atoms with Gasteiger partial charge in [0.15, 0.2) is 0 Å². The van der Waals surface area contributed by atoms with Crippen molar-refractivity contribution < 1.29 is 9.90 Å². The van der Waals surface area contributed by atoms with Crippen LogP contribution in [0.2, 0.25) is 5.02 Å². The number of nitrogens with one attached hydrogen (secondary N) is 1. The molecule has 0 bridgehead atoms. The monoisotopic (exact) mass is 459 g/mol. The molecule has 0 radical (unpaired) electrons. The van der Waals surface area contributed by atoms with Crippen molar-refractivity contribution in [3.8, 4) is 11.3 Å². The largest absolute Gasteiger partial charge is 0.478 e. The number of benzene rings is 2. The summed E-state index contributed by atoms with van der Waals surface area (Å²) in [5.41, 5.74) is 8.01. The van der Waals surface area contributed by atoms with Crippen LogP contribution in [0.3, 0.4) is 0 Å². The molecule has 4 aromatic rings. The fourth-order valence-corrected chi connectivity index (χ4v) is 4.82. The molecule has 0 unspecified atom stereocenters. The van der Waals surface area contributed by atoms with E-state index >= 15 is 0 Å². The molecule has 168 valence electrons. The van der Waals surface area contributed by atoms with Gasteiger partial charge in [0, 0.05) is 30.0 Å². The summed E-state index contributed by atoms with van der Waals surface area (Å²) in [4.78, 5) is 22.1. The second-order valence-corrected chi connectivity index (χ2v) is 9.15. The van der Waals surface area contributed by atoms with Gasteiger partial charge in [-0.2, -0.15) is 0 Å². The number of H-pyrrole nitrogens is 1. The standard InChI is InChI=1S/C27H26ClN3O2/c1-17-4-5-18(14-22(17)27(32)33)6-9-20-15-24-25(29-20)16-23(28)26(30-24)19-7-10-21(11-8-19)31-12-2-3-13-31/h4-5,7-8,10-11,14-16,29H,2-3,6,9,12-13H2,1H3,(H,32,33). The van der Waals surface area contributed by atoms with E-state index in [1.807, 2.05) is 25.1 Å². The minimum atomic E-state index is -0.889. The van der Waals surface area contributed by atoms with Crippen molar-refractivity contribution in [2.75, 3.05) is 18.0 Å². The number of aromatic amines is 1. The van der Waals surface area contributed by atoms with Gasteiger partial charge in [-0.25, -0.2) is 9.78 Å². The quantitative estimate of drug-likeness (QED) is 0.356. The summed E-state index contributed by atoms with van der Waals surface area (Å²) in [7, 11) is 0. The Balaban J connectivity index is 1.36. The first-order valence-electron chi connectivity index (χ1n) is 11.3. The number of pyridine rings is 1. The van der Waals surface area contributed by atoms with E-state index in [-0.39, 0.29) is 0 Å². The average Bonchev–Trinajstić information content (AvgIpc) is 3.48. The molecular formula is C27H26ClN3O2. The molecule has 5 rings (SSSR count). The van der Waals surface area contributed by atoms with Crippen molar-refractivity contribution in [1.82, 2.24) is 9.97 Å². The van der Waals surface area contributed by atoms with Crippen LogP contribution in [0.5, 0.6) is 0 Å². The zero-order valence-electron chi connectivity index (χ0n) is 18.6. The third-order valence-electron chi connectivity index (χ3n) is 6.44. The number of rotatable bonds is 6. The number of carboxylic acid groups (broad SMARTS) is 1. The van der Waals surface area contributed by atoms with Crippen LogP contribution >= 0.6 is 11.6 Å². The van der Waals surface area contributed by atoms with Gasteiger partial charge in [-0.3, -0.25) is 0 Å². The van der Waals surface area contributed by atoms with Crippen LogP contribution in [0, 0.1) is 6.92 Å². The Kier molecular flexibility index (Phi) is 5.81. The maximum absolute atomic E-state index is 11.4. The van der Waals surface area contributed by atoms with Crippen molar-refractivity contribution in [2.24, 2.45) is 0 Å². The van der Waals surface area contributed by atoms with Gasteiger partial charge in [-0.15, -0.1) is 0 Å². The molecule has 2 N–H and O–H groups in total. The highest BCUT2D eigenvalue weighted by Gasteiger charge is 2.14. The van der Waals surface area contributed by atoms with E-state index in [4.69, 9.17) is 16.6 Å². The van der Waals surface area contributed by atoms with Crippen LogP contribution in [0.1, 0.15) is 40.0 Å². The first kappa shape index (κ1) is 21.5. The van der Waals surface area contributed by atoms with Gasteiger partial charge in [-0.05, 0) is 74.1 Å². The van der Waals surface area contributed by atoms with E-state index in [0.29, 0.717) is 10.6 Å². The highest BCUT2D eigenvalue weighted by molar-refractivity contribution is 6.33. The number of aromatic nitrogens is 2. The predicted molar refractivity (Wildman–Crippen MR) is 134 cm³/mol. The van der Waals surface area contributed by atoms with Gasteiger partial charge in [0.05, 0.1) is 27.3 Å². The number of carboxylic acids is 1. The number of aromatic carboxylic acids is 1. The zero-order chi connectivity index (χ0) is 22.9. The number of anilines is 1. The third kappa shape index (κ3) is 4.46. The molecule has 1 fully saturated rings. The molecular weight excluding hydrogens is 434 g/mol. The minimum Gasteiger partial charge on any atom is -0.478 e. The normalized spacial score (nSPS) is 13.7. The summed E-state index contributed by atoms with van der Waals surface area (Å²) >= 11 is 6.60. The Morgan fingerprint density at radius 3 is 2.55 bits per heavy atom. The molecule has 0 saturated carbocycles. The van der Waals surface area contributed by atoms with Gasteiger partial charge in [0.2, 0.25) is 0 Å². The zero-order valence-corrected chi connectivity index (χ0v) is 19.3. The minimum absolute atomic E-state index is 0.359. The number of aryl methyl sites for hydroxylation is 3. The molecule has 2 aromatic heterocycles. The fraction of sp³-hybridized carbons (Fsp3) is 0.259. The van der Waals surface area contributed by atoms with E-state index in [2.05, 4.69) is 40.2 Å². The van der Waals surface area contributed by atoms with Crippen molar-refractivity contribution in [3.63, 3.8) is 0 Å². The first-order chi connectivity index (χ1) is 16.0. The third-order valence-corrected chi connectivity index (χ3v) is 6.73. The van der Waals surface area contributed by atoms with Gasteiger partial charge in [-0.1, -0.05) is 35.9 Å². The molecule has 5 nitrogen and oxygen atoms in total. The molecule has 0 atom stereocenters. The molecule has 0 aliphatic carbocycles. The predicted octanol–water partition coefficient (Wildman–Crippen LogP) is 6.28. The number of hydrogen-bond donors (Lipinski definition) is 2. The van der Waals surface area contributed by atoms with Crippen LogP contribution in [0.4, 0.5) is 5.69 Å². The van der Waals surface area contributed by atoms with Crippen molar-refractivity contribution in [2.45, 2.75) is 32.6 Å². The van der Waals surface area contributed by atoms with E-state index in [1.165, 1.54) is 18.5 Å². The smallest absolute Gasteiger partial charge is 0.335 e. The van der Waals surface area contributed by atoms with Crippen molar-refractivity contribution >= 4 is 34.3 Å². The highest BCUT2D eigenvalue weighted by Crippen LogP contribution is 2.31. The number of nitrogens with zero attached hydrogens (tertiary/aromatic N) is 2. The summed E-state index contributed by atoms with van der Waals surface area (Å²) in [5.74, 6) is -0.889. The molecule has 2 aromatic carbocycles. The van der Waals surface area contributed by atoms with Crippen LogP contribution in [0.25, 0.3) is 22.3 Å². The lowest BCUT2D eigenvalue weighted by molar-refractivity contribution is 0.0696. The Morgan fingerprint density at radius 2 is 1.82 bits per heavy atom. The fourth-order valence-electron chi connectivity index (χ4n) is 4.56. The van der Waals surface area contributed by atoms with E-state index in [9.17, 15) is 9.90 Å². The maximum Gasteiger partial charge on any atom is 0.335 e. The van der Waals surface area contributed by atoms with Gasteiger partial charge < -0.3 is 15.0 Å². The summed E-state index contributed by atoms with van der Waals surface area (Å²) < 4.78 is 0. The van der Waals surface area contributed by atoms with Crippen molar-refractivity contribution in [1.29, 1.82) is 0 Å². The Labute approximate surface area is 198 Å². The summed E-state index contributed by atoms with van der Waals surface area (Å²) in [6, 6.07) is 18.1. The average molecular weight is 460 g/mol. The van der Waals surface area contributed by atoms with Gasteiger partial charge in [0.1, 0.15) is 0 Å². The highest BCUT2D eigenvalue weighted by atomic mass is 35.5. The molecule has 3 heterocycles. The van der Waals surface area contributed by atoms with Crippen LogP contribution in [0.15, 0.2) is 54.6 Å². The topological polar surface area (TPSA) is 69.2 Å². The lowest BCUT2D eigenvalue weighted by Crippen LogP contribution is -2.17. The van der Waals surface area contributed by atoms with Gasteiger partial charge >= 0.3 is 5.97 Å². The molecule has 0 amide bonds. The Morgan fingerprint density at radius 1 is 1.06 bits per heavy atom. The van der Waals surface area contributed by atoms with Crippen molar-refractivity contribution in [3.05, 3.63) is 82.0 Å². The number of fused-ring (bicyclic) bond motifs is 1. The van der Waals surface area contributed by atoms with Crippen LogP contribution in [-0.4, -0.2) is 34.1 Å². The molecule has 1 aliphatic rings. The first-order valence-corrected chi connectivity index (χ1v) is 11.7.